The minimum atomic E-state index is -0.783. The van der Waals surface area contributed by atoms with Gasteiger partial charge >= 0.3 is 6.03 Å². The molecular weight excluding hydrogens is 214 g/mol. The summed E-state index contributed by atoms with van der Waals surface area (Å²) in [5.74, 6) is -1.33. The van der Waals surface area contributed by atoms with Crippen molar-refractivity contribution in [2.75, 3.05) is 26.3 Å². The summed E-state index contributed by atoms with van der Waals surface area (Å²) in [6, 6.07) is -0.783. The third-order valence-electron chi connectivity index (χ3n) is 2.30. The summed E-state index contributed by atoms with van der Waals surface area (Å²) in [5.41, 5.74) is -0.0542. The molecule has 2 aliphatic rings. The van der Waals surface area contributed by atoms with Crippen molar-refractivity contribution in [2.45, 2.75) is 0 Å². The van der Waals surface area contributed by atoms with Gasteiger partial charge in [0, 0.05) is 19.3 Å². The van der Waals surface area contributed by atoms with Gasteiger partial charge in [-0.25, -0.2) is 4.79 Å². The molecule has 2 heterocycles. The summed E-state index contributed by atoms with van der Waals surface area (Å²) in [6.07, 6.45) is 1.46. The van der Waals surface area contributed by atoms with Crippen LogP contribution in [-0.2, 0) is 14.3 Å². The van der Waals surface area contributed by atoms with E-state index in [1.807, 2.05) is 15.5 Å². The number of rotatable bonds is 1. The first-order valence-electron chi connectivity index (χ1n) is 4.87. The van der Waals surface area contributed by atoms with Gasteiger partial charge in [-0.15, -0.1) is 0 Å². The Labute approximate surface area is 91.4 Å². The number of nitrogens with one attached hydrogen (secondary N) is 2. The van der Waals surface area contributed by atoms with Gasteiger partial charge in [-0.1, -0.05) is 0 Å². The molecule has 0 aliphatic carbocycles. The third kappa shape index (κ3) is 2.19. The zero-order chi connectivity index (χ0) is 11.5. The maximum Gasteiger partial charge on any atom is 0.328 e. The molecule has 0 radical (unpaired) electrons. The second-order valence-corrected chi connectivity index (χ2v) is 3.43. The Hall–Kier alpha value is -1.89. The Kier molecular flexibility index (Phi) is 2.86. The van der Waals surface area contributed by atoms with Crippen molar-refractivity contribution in [3.05, 3.63) is 11.8 Å². The molecule has 7 heteroatoms. The zero-order valence-corrected chi connectivity index (χ0v) is 8.49. The number of carbonyl (C=O) groups is 3. The number of carbonyl (C=O) groups excluding carboxylic acids is 3. The van der Waals surface area contributed by atoms with E-state index in [0.717, 1.165) is 0 Å². The van der Waals surface area contributed by atoms with Crippen molar-refractivity contribution in [1.29, 1.82) is 0 Å². The Morgan fingerprint density at radius 3 is 2.19 bits per heavy atom. The van der Waals surface area contributed by atoms with E-state index < -0.39 is 17.8 Å². The van der Waals surface area contributed by atoms with Gasteiger partial charge in [-0.3, -0.25) is 20.2 Å². The molecule has 2 N–H and O–H groups in total. The molecule has 2 saturated heterocycles. The molecule has 0 atom stereocenters. The lowest BCUT2D eigenvalue weighted by Crippen LogP contribution is -2.52. The summed E-state index contributed by atoms with van der Waals surface area (Å²) in [7, 11) is 0. The van der Waals surface area contributed by atoms with Crippen LogP contribution in [0.5, 0.6) is 0 Å². The van der Waals surface area contributed by atoms with Crippen LogP contribution in [0.15, 0.2) is 11.8 Å². The van der Waals surface area contributed by atoms with Crippen molar-refractivity contribution >= 4 is 17.8 Å². The van der Waals surface area contributed by atoms with Crippen LogP contribution < -0.4 is 10.6 Å². The van der Waals surface area contributed by atoms with E-state index in [1.54, 1.807) is 0 Å². The summed E-state index contributed by atoms with van der Waals surface area (Å²) in [6.45, 7) is 2.37. The largest absolute Gasteiger partial charge is 0.378 e. The van der Waals surface area contributed by atoms with Gasteiger partial charge < -0.3 is 9.64 Å². The van der Waals surface area contributed by atoms with Gasteiger partial charge in [0.15, 0.2) is 0 Å². The van der Waals surface area contributed by atoms with E-state index in [0.29, 0.717) is 26.3 Å². The lowest BCUT2D eigenvalue weighted by atomic mass is 10.2. The molecule has 16 heavy (non-hydrogen) atoms. The first-order valence-corrected chi connectivity index (χ1v) is 4.87. The highest BCUT2D eigenvalue weighted by Crippen LogP contribution is 2.05. The fraction of sp³-hybridized carbons (Fsp3) is 0.444. The number of morpholine rings is 1. The molecule has 0 aromatic heterocycles. The summed E-state index contributed by atoms with van der Waals surface area (Å²) in [5, 5.41) is 4.03. The van der Waals surface area contributed by atoms with Gasteiger partial charge in [-0.2, -0.15) is 0 Å². The fourth-order valence-electron chi connectivity index (χ4n) is 1.48. The number of barbiturate groups is 1. The van der Waals surface area contributed by atoms with Crippen molar-refractivity contribution in [1.82, 2.24) is 15.5 Å². The molecule has 0 bridgehead atoms. The highest BCUT2D eigenvalue weighted by molar-refractivity contribution is 6.28. The second-order valence-electron chi connectivity index (χ2n) is 3.43. The molecule has 0 saturated carbocycles. The predicted molar refractivity (Wildman–Crippen MR) is 52.2 cm³/mol. The molecule has 0 unspecified atom stereocenters. The molecule has 7 nitrogen and oxygen atoms in total. The number of amides is 4. The van der Waals surface area contributed by atoms with Crippen LogP contribution in [0.2, 0.25) is 0 Å². The molecule has 2 aliphatic heterocycles. The third-order valence-corrected chi connectivity index (χ3v) is 2.30. The number of hydrogen-bond acceptors (Lipinski definition) is 5. The van der Waals surface area contributed by atoms with Crippen LogP contribution in [0.3, 0.4) is 0 Å². The van der Waals surface area contributed by atoms with Gasteiger partial charge in [0.1, 0.15) is 5.57 Å². The standard InChI is InChI=1S/C9H11N3O4/c13-7-6(8(14)11-9(15)10-7)5-12-1-3-16-4-2-12/h5H,1-4H2,(H2,10,11,13,14,15). The Balaban J connectivity index is 2.11. The van der Waals surface area contributed by atoms with Crippen molar-refractivity contribution in [3.8, 4) is 0 Å². The number of urea groups is 1. The fourth-order valence-corrected chi connectivity index (χ4v) is 1.48. The lowest BCUT2D eigenvalue weighted by molar-refractivity contribution is -0.124. The number of nitrogens with zero attached hydrogens (tertiary/aromatic N) is 1. The van der Waals surface area contributed by atoms with Gasteiger partial charge in [0.2, 0.25) is 0 Å². The smallest absolute Gasteiger partial charge is 0.328 e. The van der Waals surface area contributed by atoms with Crippen molar-refractivity contribution in [2.24, 2.45) is 0 Å². The SMILES string of the molecule is O=C1NC(=O)C(=CN2CCOCC2)C(=O)N1. The molecule has 4 amide bonds. The second kappa shape index (κ2) is 4.31. The molecule has 0 spiro atoms. The van der Waals surface area contributed by atoms with E-state index in [2.05, 4.69) is 0 Å². The average Bonchev–Trinajstić information content (AvgIpc) is 2.25. The van der Waals surface area contributed by atoms with Crippen LogP contribution in [0, 0.1) is 0 Å². The Morgan fingerprint density at radius 1 is 1.06 bits per heavy atom. The van der Waals surface area contributed by atoms with Gasteiger partial charge in [0.05, 0.1) is 13.2 Å². The minimum Gasteiger partial charge on any atom is -0.378 e. The summed E-state index contributed by atoms with van der Waals surface area (Å²) < 4.78 is 5.13. The van der Waals surface area contributed by atoms with Gasteiger partial charge in [0.25, 0.3) is 11.8 Å². The quantitative estimate of drug-likeness (QED) is 0.422. The lowest BCUT2D eigenvalue weighted by Gasteiger charge is -2.26. The number of hydrogen-bond donors (Lipinski definition) is 2. The maximum absolute atomic E-state index is 11.4. The van der Waals surface area contributed by atoms with E-state index in [-0.39, 0.29) is 5.57 Å². The van der Waals surface area contributed by atoms with Crippen LogP contribution in [0.25, 0.3) is 0 Å². The summed E-state index contributed by atoms with van der Waals surface area (Å²) >= 11 is 0. The van der Waals surface area contributed by atoms with Crippen molar-refractivity contribution in [3.63, 3.8) is 0 Å². The maximum atomic E-state index is 11.4. The van der Waals surface area contributed by atoms with Crippen LogP contribution in [-0.4, -0.2) is 49.0 Å². The minimum absolute atomic E-state index is 0.0542. The first-order chi connectivity index (χ1) is 7.66. The highest BCUT2D eigenvalue weighted by atomic mass is 16.5. The summed E-state index contributed by atoms with van der Waals surface area (Å²) in [4.78, 5) is 35.3. The van der Waals surface area contributed by atoms with E-state index >= 15 is 0 Å². The van der Waals surface area contributed by atoms with Crippen LogP contribution in [0.4, 0.5) is 4.79 Å². The van der Waals surface area contributed by atoms with Crippen LogP contribution in [0.1, 0.15) is 0 Å². The van der Waals surface area contributed by atoms with Crippen molar-refractivity contribution < 1.29 is 19.1 Å². The zero-order valence-electron chi connectivity index (χ0n) is 8.49. The Morgan fingerprint density at radius 2 is 1.62 bits per heavy atom. The molecule has 2 rings (SSSR count). The van der Waals surface area contributed by atoms with Crippen LogP contribution >= 0.6 is 0 Å². The number of ether oxygens (including phenoxy) is 1. The van der Waals surface area contributed by atoms with E-state index in [4.69, 9.17) is 4.74 Å². The van der Waals surface area contributed by atoms with E-state index in [1.165, 1.54) is 6.20 Å². The molecule has 0 aromatic carbocycles. The topological polar surface area (TPSA) is 87.7 Å². The normalized spacial score (nSPS) is 21.6. The number of imide groups is 2. The molecule has 86 valence electrons. The van der Waals surface area contributed by atoms with E-state index in [9.17, 15) is 14.4 Å². The predicted octanol–water partition coefficient (Wildman–Crippen LogP) is -1.43. The molecular formula is C9H11N3O4. The molecule has 0 aromatic rings. The first kappa shape index (κ1) is 10.6. The monoisotopic (exact) mass is 225 g/mol. The highest BCUT2D eigenvalue weighted by Gasteiger charge is 2.28. The Bertz CT molecular complexity index is 349. The molecule has 2 fully saturated rings. The average molecular weight is 225 g/mol. The van der Waals surface area contributed by atoms with Gasteiger partial charge in [-0.05, 0) is 0 Å².